The quantitative estimate of drug-likeness (QED) is 0.270. The number of thiophene rings is 1. The second-order valence-corrected chi connectivity index (χ2v) is 14.3. The maximum Gasteiger partial charge on any atom is 0.201 e. The van der Waals surface area contributed by atoms with Crippen LogP contribution >= 0.6 is 22.9 Å². The summed E-state index contributed by atoms with van der Waals surface area (Å²) in [4.78, 5) is 16.4. The van der Waals surface area contributed by atoms with Gasteiger partial charge in [-0.15, -0.1) is 11.3 Å². The van der Waals surface area contributed by atoms with Crippen LogP contribution in [0.1, 0.15) is 68.6 Å². The topological polar surface area (TPSA) is 39.2 Å². The summed E-state index contributed by atoms with van der Waals surface area (Å²) >= 11 is 7.59. The molecule has 0 spiro atoms. The summed E-state index contributed by atoms with van der Waals surface area (Å²) in [7, 11) is -2.14. The molecule has 0 aliphatic rings. The van der Waals surface area contributed by atoms with Crippen molar-refractivity contribution in [3.8, 4) is 0 Å². The molecule has 2 aromatic rings. The first kappa shape index (κ1) is 21.3. The molecule has 26 heavy (non-hydrogen) atoms. The highest BCUT2D eigenvalue weighted by Gasteiger charge is 2.47. The lowest BCUT2D eigenvalue weighted by Crippen LogP contribution is -2.48. The maximum absolute atomic E-state index is 11.2. The summed E-state index contributed by atoms with van der Waals surface area (Å²) in [6.45, 7) is 13.6. The second-order valence-electron chi connectivity index (χ2n) is 7.60. The molecule has 1 atom stereocenters. The molecule has 0 N–H and O–H groups in total. The van der Waals surface area contributed by atoms with Crippen LogP contribution in [0.15, 0.2) is 29.6 Å². The van der Waals surface area contributed by atoms with E-state index in [1.54, 1.807) is 6.07 Å². The minimum absolute atomic E-state index is 0.308. The van der Waals surface area contributed by atoms with E-state index in [9.17, 15) is 4.79 Å². The number of halogens is 1. The van der Waals surface area contributed by atoms with E-state index in [0.29, 0.717) is 26.7 Å². The van der Waals surface area contributed by atoms with Crippen LogP contribution in [0.25, 0.3) is 0 Å². The van der Waals surface area contributed by atoms with Gasteiger partial charge in [0.15, 0.2) is 6.29 Å². The summed E-state index contributed by atoms with van der Waals surface area (Å²) in [6, 6.07) is 7.53. The van der Waals surface area contributed by atoms with Gasteiger partial charge in [0.25, 0.3) is 0 Å². The standard InChI is InChI=1S/C20H28ClNO2SSi/c1-13(2)26(14(3)4,15(5)6)24-20(16-10-17(11-23)25-12-16)18-8-7-9-19(21)22-18/h7-15,20H,1-6H3/t20-/m1/s1. The van der Waals surface area contributed by atoms with Gasteiger partial charge in [0.05, 0.1) is 10.6 Å². The van der Waals surface area contributed by atoms with Gasteiger partial charge >= 0.3 is 0 Å². The molecule has 0 aliphatic carbocycles. The normalized spacial score (nSPS) is 13.6. The first-order valence-corrected chi connectivity index (χ1v) is 12.5. The van der Waals surface area contributed by atoms with Crippen molar-refractivity contribution in [1.29, 1.82) is 0 Å². The largest absolute Gasteiger partial charge is 0.403 e. The third-order valence-electron chi connectivity index (χ3n) is 5.09. The van der Waals surface area contributed by atoms with E-state index >= 15 is 0 Å². The number of aldehydes is 1. The molecule has 0 aromatic carbocycles. The fraction of sp³-hybridized carbons (Fsp3) is 0.500. The van der Waals surface area contributed by atoms with Gasteiger partial charge in [-0.2, -0.15) is 0 Å². The lowest BCUT2D eigenvalue weighted by molar-refractivity contribution is 0.112. The molecule has 142 valence electrons. The molecule has 6 heteroatoms. The molecule has 0 radical (unpaired) electrons. The zero-order valence-corrected chi connectivity index (χ0v) is 18.9. The first-order chi connectivity index (χ1) is 12.2. The van der Waals surface area contributed by atoms with Crippen LogP contribution in [0.4, 0.5) is 0 Å². The molecule has 0 saturated heterocycles. The van der Waals surface area contributed by atoms with Gasteiger partial charge in [0, 0.05) is 0 Å². The zero-order chi connectivity index (χ0) is 19.5. The van der Waals surface area contributed by atoms with Crippen LogP contribution in [-0.4, -0.2) is 19.6 Å². The van der Waals surface area contributed by atoms with Crippen LogP contribution in [0.2, 0.25) is 21.8 Å². The van der Waals surface area contributed by atoms with Crippen molar-refractivity contribution in [1.82, 2.24) is 4.98 Å². The van der Waals surface area contributed by atoms with E-state index in [0.717, 1.165) is 17.5 Å². The van der Waals surface area contributed by atoms with Crippen LogP contribution in [0, 0.1) is 0 Å². The zero-order valence-electron chi connectivity index (χ0n) is 16.3. The number of hydrogen-bond donors (Lipinski definition) is 0. The Bertz CT molecular complexity index is 723. The van der Waals surface area contributed by atoms with E-state index in [1.165, 1.54) is 11.3 Å². The van der Waals surface area contributed by atoms with Crippen molar-refractivity contribution in [3.05, 3.63) is 50.9 Å². The molecule has 3 nitrogen and oxygen atoms in total. The molecule has 2 aromatic heterocycles. The first-order valence-electron chi connectivity index (χ1n) is 9.06. The number of pyridine rings is 1. The highest BCUT2D eigenvalue weighted by Crippen LogP contribution is 2.46. The number of carbonyl (C=O) groups is 1. The van der Waals surface area contributed by atoms with Gasteiger partial charge in [-0.05, 0) is 45.8 Å². The fourth-order valence-corrected chi connectivity index (χ4v) is 10.4. The van der Waals surface area contributed by atoms with E-state index in [-0.39, 0.29) is 6.10 Å². The van der Waals surface area contributed by atoms with Crippen molar-refractivity contribution >= 4 is 37.5 Å². The van der Waals surface area contributed by atoms with Gasteiger partial charge in [-0.1, -0.05) is 59.2 Å². The SMILES string of the molecule is CC(C)[Si](O[C@H](c1csc(C=O)c1)c1cccc(Cl)n1)(C(C)C)C(C)C. The molecule has 0 amide bonds. The van der Waals surface area contributed by atoms with Crippen molar-refractivity contribution in [3.63, 3.8) is 0 Å². The Morgan fingerprint density at radius 3 is 2.19 bits per heavy atom. The Balaban J connectivity index is 2.57. The van der Waals surface area contributed by atoms with E-state index in [4.69, 9.17) is 16.0 Å². The minimum atomic E-state index is -2.14. The Morgan fingerprint density at radius 2 is 1.73 bits per heavy atom. The molecular formula is C20H28ClNO2SSi. The van der Waals surface area contributed by atoms with E-state index in [1.807, 2.05) is 23.6 Å². The van der Waals surface area contributed by atoms with Gasteiger partial charge in [-0.25, -0.2) is 4.98 Å². The number of aromatic nitrogens is 1. The van der Waals surface area contributed by atoms with Crippen LogP contribution in [0.5, 0.6) is 0 Å². The van der Waals surface area contributed by atoms with Gasteiger partial charge in [0.2, 0.25) is 8.32 Å². The second kappa shape index (κ2) is 8.78. The van der Waals surface area contributed by atoms with Crippen molar-refractivity contribution in [2.45, 2.75) is 64.3 Å². The number of carbonyl (C=O) groups excluding carboxylic acids is 1. The average molecular weight is 410 g/mol. The Morgan fingerprint density at radius 1 is 1.12 bits per heavy atom. The molecule has 0 unspecified atom stereocenters. The van der Waals surface area contributed by atoms with Crippen molar-refractivity contribution < 1.29 is 9.22 Å². The smallest absolute Gasteiger partial charge is 0.201 e. The lowest BCUT2D eigenvalue weighted by Gasteiger charge is -2.44. The number of rotatable bonds is 8. The Kier molecular flexibility index (Phi) is 7.19. The predicted molar refractivity (Wildman–Crippen MR) is 113 cm³/mol. The number of hydrogen-bond acceptors (Lipinski definition) is 4. The molecule has 2 heterocycles. The third-order valence-corrected chi connectivity index (χ3v) is 12.2. The summed E-state index contributed by atoms with van der Waals surface area (Å²) < 4.78 is 7.02. The van der Waals surface area contributed by atoms with Gasteiger partial charge in [-0.3, -0.25) is 4.79 Å². The fourth-order valence-electron chi connectivity index (χ4n) is 4.05. The van der Waals surface area contributed by atoms with Gasteiger partial charge in [0.1, 0.15) is 11.3 Å². The number of nitrogens with zero attached hydrogens (tertiary/aromatic N) is 1. The summed E-state index contributed by atoms with van der Waals surface area (Å²) in [5.41, 5.74) is 3.13. The predicted octanol–water partition coefficient (Wildman–Crippen LogP) is 6.89. The molecule has 0 saturated carbocycles. The summed E-state index contributed by atoms with van der Waals surface area (Å²) in [5.74, 6) is 0. The van der Waals surface area contributed by atoms with Crippen molar-refractivity contribution in [2.75, 3.05) is 0 Å². The van der Waals surface area contributed by atoms with Crippen molar-refractivity contribution in [2.24, 2.45) is 0 Å². The van der Waals surface area contributed by atoms with Crippen LogP contribution < -0.4 is 0 Å². The molecule has 0 fully saturated rings. The Hall–Kier alpha value is -1.01. The molecule has 0 bridgehead atoms. The summed E-state index contributed by atoms with van der Waals surface area (Å²) in [6.07, 6.45) is 0.576. The highest BCUT2D eigenvalue weighted by molar-refractivity contribution is 7.11. The average Bonchev–Trinajstić information content (AvgIpc) is 3.03. The Labute approximate surface area is 166 Å². The maximum atomic E-state index is 11.2. The monoisotopic (exact) mass is 409 g/mol. The summed E-state index contributed by atoms with van der Waals surface area (Å²) in [5, 5.41) is 2.45. The molecule has 0 aliphatic heterocycles. The molecule has 2 rings (SSSR count). The minimum Gasteiger partial charge on any atom is -0.403 e. The highest BCUT2D eigenvalue weighted by atomic mass is 35.5. The van der Waals surface area contributed by atoms with Crippen LogP contribution in [-0.2, 0) is 4.43 Å². The molecular weight excluding hydrogens is 382 g/mol. The third kappa shape index (κ3) is 4.27. The lowest BCUT2D eigenvalue weighted by atomic mass is 10.1. The van der Waals surface area contributed by atoms with E-state index in [2.05, 4.69) is 46.5 Å². The van der Waals surface area contributed by atoms with Crippen LogP contribution in [0.3, 0.4) is 0 Å². The van der Waals surface area contributed by atoms with Gasteiger partial charge < -0.3 is 4.43 Å². The van der Waals surface area contributed by atoms with E-state index < -0.39 is 8.32 Å².